The third-order valence-electron chi connectivity index (χ3n) is 4.58. The molecule has 1 atom stereocenters. The third-order valence-corrected chi connectivity index (χ3v) is 4.58. The van der Waals surface area contributed by atoms with Crippen molar-refractivity contribution in [2.45, 2.75) is 39.8 Å². The molecule has 7 heteroatoms. The Balaban J connectivity index is 1.97. The highest BCUT2D eigenvalue weighted by molar-refractivity contribution is 5.79. The van der Waals surface area contributed by atoms with Gasteiger partial charge in [0, 0.05) is 44.5 Å². The van der Waals surface area contributed by atoms with Crippen LogP contribution in [0.4, 0.5) is 0 Å². The molecule has 2 N–H and O–H groups in total. The Kier molecular flexibility index (Phi) is 9.35. The molecule has 0 bridgehead atoms. The van der Waals surface area contributed by atoms with Gasteiger partial charge in [-0.05, 0) is 30.9 Å². The molecule has 0 spiro atoms. The molecule has 0 amide bonds. The number of morpholine rings is 1. The molecule has 0 aromatic carbocycles. The second-order valence-corrected chi connectivity index (χ2v) is 7.21. The maximum atomic E-state index is 5.51. The second-order valence-electron chi connectivity index (χ2n) is 7.21. The monoisotopic (exact) mass is 377 g/mol. The van der Waals surface area contributed by atoms with E-state index in [9.17, 15) is 0 Å². The van der Waals surface area contributed by atoms with E-state index in [1.165, 1.54) is 0 Å². The zero-order valence-corrected chi connectivity index (χ0v) is 17.2. The Bertz CT molecular complexity index is 573. The van der Waals surface area contributed by atoms with Crippen molar-refractivity contribution in [3.05, 3.63) is 23.9 Å². The summed E-state index contributed by atoms with van der Waals surface area (Å²) in [5.74, 6) is 2.11. The number of rotatable bonds is 9. The molecule has 2 rings (SSSR count). The number of methoxy groups -OCH3 is 1. The minimum absolute atomic E-state index is 0.485. The second kappa shape index (κ2) is 11.8. The number of guanidine groups is 1. The molecule has 0 radical (unpaired) electrons. The summed E-state index contributed by atoms with van der Waals surface area (Å²) in [5, 5.41) is 6.87. The van der Waals surface area contributed by atoms with Crippen molar-refractivity contribution in [1.29, 1.82) is 0 Å². The van der Waals surface area contributed by atoms with Gasteiger partial charge in [0.1, 0.15) is 0 Å². The highest BCUT2D eigenvalue weighted by atomic mass is 16.5. The molecule has 1 saturated heterocycles. The van der Waals surface area contributed by atoms with Crippen molar-refractivity contribution >= 4 is 5.96 Å². The Hall–Kier alpha value is -1.86. The first kappa shape index (κ1) is 21.4. The van der Waals surface area contributed by atoms with Crippen LogP contribution in [0.2, 0.25) is 0 Å². The molecular formula is C20H35N5O2. The maximum Gasteiger partial charge on any atom is 0.213 e. The SMILES string of the molecule is CCNC(=NCc1ccnc(OC)c1)NCC(CC(C)C)N1CCOCC1. The van der Waals surface area contributed by atoms with Crippen LogP contribution in [0.15, 0.2) is 23.3 Å². The fourth-order valence-corrected chi connectivity index (χ4v) is 3.24. The van der Waals surface area contributed by atoms with Gasteiger partial charge in [-0.1, -0.05) is 13.8 Å². The smallest absolute Gasteiger partial charge is 0.213 e. The quantitative estimate of drug-likeness (QED) is 0.506. The van der Waals surface area contributed by atoms with E-state index in [0.29, 0.717) is 24.4 Å². The third kappa shape index (κ3) is 7.72. The summed E-state index contributed by atoms with van der Waals surface area (Å²) in [6.45, 7) is 12.6. The number of pyridine rings is 1. The van der Waals surface area contributed by atoms with Crippen molar-refractivity contribution in [2.24, 2.45) is 10.9 Å². The van der Waals surface area contributed by atoms with E-state index in [1.807, 2.05) is 12.1 Å². The topological polar surface area (TPSA) is 71.0 Å². The molecular weight excluding hydrogens is 342 g/mol. The van der Waals surface area contributed by atoms with Gasteiger partial charge in [-0.15, -0.1) is 0 Å². The number of nitrogens with one attached hydrogen (secondary N) is 2. The van der Waals surface area contributed by atoms with E-state index < -0.39 is 0 Å². The largest absolute Gasteiger partial charge is 0.481 e. The predicted molar refractivity (Wildman–Crippen MR) is 109 cm³/mol. The van der Waals surface area contributed by atoms with Gasteiger partial charge in [0.05, 0.1) is 26.9 Å². The van der Waals surface area contributed by atoms with Gasteiger partial charge in [-0.3, -0.25) is 4.90 Å². The van der Waals surface area contributed by atoms with Gasteiger partial charge >= 0.3 is 0 Å². The number of aromatic nitrogens is 1. The summed E-state index contributed by atoms with van der Waals surface area (Å²) in [6.07, 6.45) is 2.91. The molecule has 1 aliphatic rings. The average Bonchev–Trinajstić information content (AvgIpc) is 2.69. The van der Waals surface area contributed by atoms with Crippen LogP contribution in [-0.2, 0) is 11.3 Å². The van der Waals surface area contributed by atoms with Crippen molar-refractivity contribution in [3.8, 4) is 5.88 Å². The van der Waals surface area contributed by atoms with Crippen molar-refractivity contribution < 1.29 is 9.47 Å². The summed E-state index contributed by atoms with van der Waals surface area (Å²) < 4.78 is 10.7. The Morgan fingerprint density at radius 1 is 1.33 bits per heavy atom. The number of hydrogen-bond donors (Lipinski definition) is 2. The van der Waals surface area contributed by atoms with Crippen molar-refractivity contribution in [1.82, 2.24) is 20.5 Å². The highest BCUT2D eigenvalue weighted by Gasteiger charge is 2.22. The van der Waals surface area contributed by atoms with Crippen molar-refractivity contribution in [2.75, 3.05) is 46.5 Å². The molecule has 0 aliphatic carbocycles. The van der Waals surface area contributed by atoms with Gasteiger partial charge in [-0.2, -0.15) is 0 Å². The molecule has 1 unspecified atom stereocenters. The molecule has 1 aromatic heterocycles. The molecule has 1 aliphatic heterocycles. The molecule has 7 nitrogen and oxygen atoms in total. The number of aliphatic imine (C=N–C) groups is 1. The van der Waals surface area contributed by atoms with E-state index in [0.717, 1.165) is 57.3 Å². The predicted octanol–water partition coefficient (Wildman–Crippen LogP) is 1.89. The summed E-state index contributed by atoms with van der Waals surface area (Å²) >= 11 is 0. The molecule has 2 heterocycles. The van der Waals surface area contributed by atoms with Crippen LogP contribution in [0.25, 0.3) is 0 Å². The van der Waals surface area contributed by atoms with Crippen molar-refractivity contribution in [3.63, 3.8) is 0 Å². The minimum Gasteiger partial charge on any atom is -0.481 e. The molecule has 1 fully saturated rings. The number of hydrogen-bond acceptors (Lipinski definition) is 5. The molecule has 152 valence electrons. The number of nitrogens with zero attached hydrogens (tertiary/aromatic N) is 3. The normalized spacial score (nSPS) is 17.0. The van der Waals surface area contributed by atoms with Crippen LogP contribution in [-0.4, -0.2) is 68.4 Å². The fourth-order valence-electron chi connectivity index (χ4n) is 3.24. The standard InChI is InChI=1S/C20H35N5O2/c1-5-21-20(23-14-17-6-7-22-19(13-17)26-4)24-15-18(12-16(2)3)25-8-10-27-11-9-25/h6-7,13,16,18H,5,8-12,14-15H2,1-4H3,(H2,21,23,24). The van der Waals surface area contributed by atoms with Gasteiger partial charge < -0.3 is 20.1 Å². The Morgan fingerprint density at radius 2 is 2.11 bits per heavy atom. The van der Waals surface area contributed by atoms with Crippen LogP contribution in [0.1, 0.15) is 32.8 Å². The lowest BCUT2D eigenvalue weighted by molar-refractivity contribution is 0.0132. The lowest BCUT2D eigenvalue weighted by Gasteiger charge is -2.35. The van der Waals surface area contributed by atoms with Crippen LogP contribution < -0.4 is 15.4 Å². The maximum absolute atomic E-state index is 5.51. The van der Waals surface area contributed by atoms with Gasteiger partial charge in [0.2, 0.25) is 5.88 Å². The van der Waals surface area contributed by atoms with Gasteiger partial charge in [-0.25, -0.2) is 9.98 Å². The van der Waals surface area contributed by atoms with Crippen LogP contribution in [0.5, 0.6) is 5.88 Å². The van der Waals surface area contributed by atoms with Gasteiger partial charge in [0.15, 0.2) is 5.96 Å². The van der Waals surface area contributed by atoms with Gasteiger partial charge in [0.25, 0.3) is 0 Å². The first-order chi connectivity index (χ1) is 13.1. The Morgan fingerprint density at radius 3 is 2.78 bits per heavy atom. The van der Waals surface area contributed by atoms with E-state index >= 15 is 0 Å². The zero-order valence-electron chi connectivity index (χ0n) is 17.2. The minimum atomic E-state index is 0.485. The van der Waals surface area contributed by atoms with Crippen LogP contribution >= 0.6 is 0 Å². The van der Waals surface area contributed by atoms with E-state index in [4.69, 9.17) is 14.5 Å². The van der Waals surface area contributed by atoms with E-state index in [-0.39, 0.29) is 0 Å². The first-order valence-corrected chi connectivity index (χ1v) is 9.95. The summed E-state index contributed by atoms with van der Waals surface area (Å²) in [7, 11) is 1.63. The summed E-state index contributed by atoms with van der Waals surface area (Å²) in [4.78, 5) is 11.4. The van der Waals surface area contributed by atoms with E-state index in [2.05, 4.69) is 41.3 Å². The molecule has 27 heavy (non-hydrogen) atoms. The highest BCUT2D eigenvalue weighted by Crippen LogP contribution is 2.13. The van der Waals surface area contributed by atoms with Crippen LogP contribution in [0, 0.1) is 5.92 Å². The first-order valence-electron chi connectivity index (χ1n) is 9.95. The van der Waals surface area contributed by atoms with E-state index in [1.54, 1.807) is 13.3 Å². The number of ether oxygens (including phenoxy) is 2. The lowest BCUT2D eigenvalue weighted by atomic mass is 10.0. The Labute approximate surface area is 163 Å². The summed E-state index contributed by atoms with van der Waals surface area (Å²) in [6, 6.07) is 4.37. The summed E-state index contributed by atoms with van der Waals surface area (Å²) in [5.41, 5.74) is 1.07. The fraction of sp³-hybridized carbons (Fsp3) is 0.700. The molecule has 1 aromatic rings. The zero-order chi connectivity index (χ0) is 19.5. The van der Waals surface area contributed by atoms with Crippen LogP contribution in [0.3, 0.4) is 0 Å². The lowest BCUT2D eigenvalue weighted by Crippen LogP contribution is -2.51. The average molecular weight is 378 g/mol. The molecule has 0 saturated carbocycles.